The Morgan fingerprint density at radius 1 is 0.917 bits per heavy atom. The van der Waals surface area contributed by atoms with Crippen molar-refractivity contribution in [3.8, 4) is 22.8 Å². The van der Waals surface area contributed by atoms with Gasteiger partial charge in [-0.15, -0.1) is 0 Å². The van der Waals surface area contributed by atoms with E-state index in [1.54, 1.807) is 35.4 Å². The molecule has 5 nitrogen and oxygen atoms in total. The second-order valence-corrected chi connectivity index (χ2v) is 9.33. The van der Waals surface area contributed by atoms with Crippen LogP contribution in [0.15, 0.2) is 87.9 Å². The molecule has 0 radical (unpaired) electrons. The van der Waals surface area contributed by atoms with Gasteiger partial charge in [0.05, 0.1) is 17.3 Å². The number of alkyl halides is 3. The molecular formula is C27H21BrF3N3O2. The van der Waals surface area contributed by atoms with Gasteiger partial charge in [-0.25, -0.2) is 4.98 Å². The summed E-state index contributed by atoms with van der Waals surface area (Å²) in [5.74, 6) is 0.760. The van der Waals surface area contributed by atoms with Crippen LogP contribution in [0.4, 0.5) is 18.9 Å². The summed E-state index contributed by atoms with van der Waals surface area (Å²) in [6.07, 6.45) is -2.76. The van der Waals surface area contributed by atoms with Crippen LogP contribution >= 0.6 is 15.9 Å². The van der Waals surface area contributed by atoms with Gasteiger partial charge in [0.15, 0.2) is 5.76 Å². The quantitative estimate of drug-likeness (QED) is 0.279. The van der Waals surface area contributed by atoms with Gasteiger partial charge in [0.2, 0.25) is 5.89 Å². The van der Waals surface area contributed by atoms with E-state index in [-0.39, 0.29) is 5.91 Å². The third-order valence-corrected chi connectivity index (χ3v) is 6.60. The van der Waals surface area contributed by atoms with E-state index in [2.05, 4.69) is 20.9 Å². The Bertz CT molecular complexity index is 1390. The molecule has 0 unspecified atom stereocenters. The number of carbonyl (C=O) groups is 1. The Morgan fingerprint density at radius 2 is 1.67 bits per heavy atom. The monoisotopic (exact) mass is 555 g/mol. The van der Waals surface area contributed by atoms with Gasteiger partial charge in [0, 0.05) is 47.5 Å². The fourth-order valence-corrected chi connectivity index (χ4v) is 4.65. The van der Waals surface area contributed by atoms with Gasteiger partial charge >= 0.3 is 6.18 Å². The molecule has 0 N–H and O–H groups in total. The molecule has 3 aromatic carbocycles. The number of hydrogen-bond donors (Lipinski definition) is 0. The number of nitrogens with zero attached hydrogens (tertiary/aromatic N) is 3. The zero-order chi connectivity index (χ0) is 25.3. The lowest BCUT2D eigenvalue weighted by atomic mass is 10.1. The Hall–Kier alpha value is -3.59. The van der Waals surface area contributed by atoms with Crippen molar-refractivity contribution in [3.05, 3.63) is 94.6 Å². The summed E-state index contributed by atoms with van der Waals surface area (Å²) in [4.78, 5) is 21.4. The van der Waals surface area contributed by atoms with E-state index in [0.717, 1.165) is 22.2 Å². The van der Waals surface area contributed by atoms with E-state index in [1.807, 2.05) is 35.2 Å². The lowest BCUT2D eigenvalue weighted by Gasteiger charge is -2.36. The molecule has 4 aromatic rings. The molecule has 1 saturated heterocycles. The standard InChI is InChI=1S/C27H21BrF3N3O2/c28-20-7-3-5-18(15-20)24-17-32-25(36-24)22-9-1-2-10-23(22)26(35)34-13-11-33(12-14-34)21-8-4-6-19(16-21)27(29,30)31/h1-10,15-17H,11-14H2. The van der Waals surface area contributed by atoms with Gasteiger partial charge in [-0.05, 0) is 42.5 Å². The summed E-state index contributed by atoms with van der Waals surface area (Å²) in [5.41, 5.74) is 1.73. The summed E-state index contributed by atoms with van der Waals surface area (Å²) >= 11 is 3.45. The SMILES string of the molecule is O=C(c1ccccc1-c1ncc(-c2cccc(Br)c2)o1)N1CCN(c2cccc(C(F)(F)F)c2)CC1. The first kappa shape index (κ1) is 24.1. The molecular weight excluding hydrogens is 535 g/mol. The second-order valence-electron chi connectivity index (χ2n) is 8.41. The highest BCUT2D eigenvalue weighted by Gasteiger charge is 2.31. The van der Waals surface area contributed by atoms with Crippen LogP contribution in [0.1, 0.15) is 15.9 Å². The smallest absolute Gasteiger partial charge is 0.416 e. The molecule has 9 heteroatoms. The van der Waals surface area contributed by atoms with E-state index in [0.29, 0.717) is 54.6 Å². The first-order valence-electron chi connectivity index (χ1n) is 11.3. The van der Waals surface area contributed by atoms with Crippen molar-refractivity contribution in [2.75, 3.05) is 31.1 Å². The van der Waals surface area contributed by atoms with Crippen molar-refractivity contribution in [2.45, 2.75) is 6.18 Å². The lowest BCUT2D eigenvalue weighted by Crippen LogP contribution is -2.49. The topological polar surface area (TPSA) is 49.6 Å². The molecule has 1 amide bonds. The van der Waals surface area contributed by atoms with E-state index in [1.165, 1.54) is 6.07 Å². The maximum absolute atomic E-state index is 13.4. The van der Waals surface area contributed by atoms with Gasteiger partial charge in [-0.2, -0.15) is 13.2 Å². The first-order valence-corrected chi connectivity index (χ1v) is 12.1. The number of aromatic nitrogens is 1. The maximum Gasteiger partial charge on any atom is 0.416 e. The predicted molar refractivity (Wildman–Crippen MR) is 135 cm³/mol. The molecule has 5 rings (SSSR count). The van der Waals surface area contributed by atoms with Gasteiger partial charge < -0.3 is 14.2 Å². The molecule has 0 spiro atoms. The van der Waals surface area contributed by atoms with Crippen LogP contribution in [0.25, 0.3) is 22.8 Å². The average Bonchev–Trinajstić information content (AvgIpc) is 3.38. The van der Waals surface area contributed by atoms with Gasteiger partial charge in [-0.1, -0.05) is 46.3 Å². The number of halogens is 4. The molecule has 0 saturated carbocycles. The highest BCUT2D eigenvalue weighted by Crippen LogP contribution is 2.33. The zero-order valence-electron chi connectivity index (χ0n) is 19.0. The van der Waals surface area contributed by atoms with Crippen LogP contribution in [0.3, 0.4) is 0 Å². The fourth-order valence-electron chi connectivity index (χ4n) is 4.25. The summed E-state index contributed by atoms with van der Waals surface area (Å²) in [5, 5.41) is 0. The van der Waals surface area contributed by atoms with Crippen LogP contribution in [-0.4, -0.2) is 42.0 Å². The minimum absolute atomic E-state index is 0.170. The third-order valence-electron chi connectivity index (χ3n) is 6.11. The summed E-state index contributed by atoms with van der Waals surface area (Å²) < 4.78 is 46.2. The largest absolute Gasteiger partial charge is 0.436 e. The van der Waals surface area contributed by atoms with Crippen LogP contribution in [-0.2, 0) is 6.18 Å². The molecule has 0 bridgehead atoms. The average molecular weight is 556 g/mol. The molecule has 1 aliphatic rings. The van der Waals surface area contributed by atoms with Crippen LogP contribution in [0.2, 0.25) is 0 Å². The number of anilines is 1. The number of hydrogen-bond acceptors (Lipinski definition) is 4. The number of benzene rings is 3. The maximum atomic E-state index is 13.4. The van der Waals surface area contributed by atoms with Crippen LogP contribution in [0.5, 0.6) is 0 Å². The molecule has 1 fully saturated rings. The van der Waals surface area contributed by atoms with Crippen molar-refractivity contribution in [1.29, 1.82) is 0 Å². The highest BCUT2D eigenvalue weighted by molar-refractivity contribution is 9.10. The highest BCUT2D eigenvalue weighted by atomic mass is 79.9. The van der Waals surface area contributed by atoms with Crippen molar-refractivity contribution in [2.24, 2.45) is 0 Å². The van der Waals surface area contributed by atoms with Crippen molar-refractivity contribution < 1.29 is 22.4 Å². The number of carbonyl (C=O) groups excluding carboxylic acids is 1. The number of amides is 1. The summed E-state index contributed by atoms with van der Waals surface area (Å²) in [7, 11) is 0. The Morgan fingerprint density at radius 3 is 2.42 bits per heavy atom. The van der Waals surface area contributed by atoms with Crippen molar-refractivity contribution >= 4 is 27.5 Å². The van der Waals surface area contributed by atoms with Crippen LogP contribution in [0, 0.1) is 0 Å². The van der Waals surface area contributed by atoms with Crippen LogP contribution < -0.4 is 4.90 Å². The Labute approximate surface area is 214 Å². The third kappa shape index (κ3) is 5.02. The molecule has 1 aromatic heterocycles. The molecule has 2 heterocycles. The second kappa shape index (κ2) is 9.81. The Kier molecular flexibility index (Phi) is 6.57. The number of oxazole rings is 1. The van der Waals surface area contributed by atoms with Gasteiger partial charge in [-0.3, -0.25) is 4.79 Å². The van der Waals surface area contributed by atoms with E-state index in [9.17, 15) is 18.0 Å². The predicted octanol–water partition coefficient (Wildman–Crippen LogP) is 6.75. The number of rotatable bonds is 4. The van der Waals surface area contributed by atoms with E-state index >= 15 is 0 Å². The molecule has 0 atom stereocenters. The number of piperazine rings is 1. The molecule has 36 heavy (non-hydrogen) atoms. The summed E-state index contributed by atoms with van der Waals surface area (Å²) in [6.45, 7) is 1.64. The molecule has 1 aliphatic heterocycles. The van der Waals surface area contributed by atoms with E-state index in [4.69, 9.17) is 4.42 Å². The van der Waals surface area contributed by atoms with Crippen molar-refractivity contribution in [1.82, 2.24) is 9.88 Å². The minimum Gasteiger partial charge on any atom is -0.436 e. The molecule has 184 valence electrons. The molecule has 0 aliphatic carbocycles. The van der Waals surface area contributed by atoms with Crippen molar-refractivity contribution in [3.63, 3.8) is 0 Å². The van der Waals surface area contributed by atoms with Gasteiger partial charge in [0.1, 0.15) is 0 Å². The Balaban J connectivity index is 1.32. The zero-order valence-corrected chi connectivity index (χ0v) is 20.6. The lowest BCUT2D eigenvalue weighted by molar-refractivity contribution is -0.137. The van der Waals surface area contributed by atoms with Gasteiger partial charge in [0.25, 0.3) is 5.91 Å². The van der Waals surface area contributed by atoms with E-state index < -0.39 is 11.7 Å². The normalized spacial score (nSPS) is 14.2. The first-order chi connectivity index (χ1) is 17.3. The minimum atomic E-state index is -4.39. The fraction of sp³-hybridized carbons (Fsp3) is 0.185. The summed E-state index contributed by atoms with van der Waals surface area (Å²) in [6, 6.07) is 20.1.